The Bertz CT molecular complexity index is 1510. The summed E-state index contributed by atoms with van der Waals surface area (Å²) in [5.74, 6) is -0.0488. The average molecular weight is 456 g/mol. The van der Waals surface area contributed by atoms with Crippen LogP contribution in [0.25, 0.3) is 27.6 Å². The van der Waals surface area contributed by atoms with E-state index in [-0.39, 0.29) is 17.6 Å². The third kappa shape index (κ3) is 4.01. The minimum atomic E-state index is -0.154. The summed E-state index contributed by atoms with van der Waals surface area (Å²) in [7, 11) is 3.41. The van der Waals surface area contributed by atoms with Crippen molar-refractivity contribution < 1.29 is 9.59 Å². The Hall–Kier alpha value is -3.91. The molecule has 0 atom stereocenters. The topological polar surface area (TPSA) is 79.6 Å². The number of nitrogens with one attached hydrogen (secondary N) is 1. The molecule has 0 aliphatic heterocycles. The minimum absolute atomic E-state index is 0.0811. The van der Waals surface area contributed by atoms with E-state index in [1.807, 2.05) is 52.9 Å². The summed E-state index contributed by atoms with van der Waals surface area (Å²) in [5, 5.41) is 4.56. The minimum Gasteiger partial charge on any atom is -0.345 e. The van der Waals surface area contributed by atoms with Gasteiger partial charge >= 0.3 is 0 Å². The Morgan fingerprint density at radius 1 is 0.909 bits per heavy atom. The Balaban J connectivity index is 1.40. The first-order chi connectivity index (χ1) is 16.0. The molecule has 164 valence electrons. The van der Waals surface area contributed by atoms with Gasteiger partial charge in [0.15, 0.2) is 5.16 Å². The largest absolute Gasteiger partial charge is 0.345 e. The van der Waals surface area contributed by atoms with Crippen LogP contribution < -0.4 is 5.32 Å². The van der Waals surface area contributed by atoms with E-state index in [0.29, 0.717) is 16.4 Å². The van der Waals surface area contributed by atoms with Crippen LogP contribution in [-0.2, 0) is 4.79 Å². The van der Waals surface area contributed by atoms with Crippen molar-refractivity contribution >= 4 is 56.8 Å². The summed E-state index contributed by atoms with van der Waals surface area (Å²) in [6, 6.07) is 22.7. The molecular formula is C25H21N5O2S. The first kappa shape index (κ1) is 21.0. The SMILES string of the molecule is CN(C)C(=O)c1ccc(NC(=O)CSc2nc3ccccc3c3nc4ccccc4n23)cc1. The van der Waals surface area contributed by atoms with Gasteiger partial charge in [-0.25, -0.2) is 9.97 Å². The van der Waals surface area contributed by atoms with Crippen LogP contribution in [0.1, 0.15) is 10.4 Å². The molecular weight excluding hydrogens is 434 g/mol. The summed E-state index contributed by atoms with van der Waals surface area (Å²) in [6.45, 7) is 0. The maximum Gasteiger partial charge on any atom is 0.253 e. The summed E-state index contributed by atoms with van der Waals surface area (Å²) in [4.78, 5) is 35.8. The van der Waals surface area contributed by atoms with E-state index in [1.54, 1.807) is 38.4 Å². The number of imidazole rings is 1. The smallest absolute Gasteiger partial charge is 0.253 e. The zero-order chi connectivity index (χ0) is 22.9. The van der Waals surface area contributed by atoms with Crippen LogP contribution in [0.4, 0.5) is 5.69 Å². The van der Waals surface area contributed by atoms with Gasteiger partial charge in [-0.1, -0.05) is 36.0 Å². The van der Waals surface area contributed by atoms with Gasteiger partial charge in [0, 0.05) is 30.7 Å². The highest BCUT2D eigenvalue weighted by molar-refractivity contribution is 7.99. The van der Waals surface area contributed by atoms with E-state index in [2.05, 4.69) is 5.32 Å². The Morgan fingerprint density at radius 2 is 1.61 bits per heavy atom. The number of anilines is 1. The number of carbonyl (C=O) groups is 2. The second kappa shape index (κ2) is 8.55. The lowest BCUT2D eigenvalue weighted by Crippen LogP contribution is -2.21. The summed E-state index contributed by atoms with van der Waals surface area (Å²) in [6.07, 6.45) is 0. The summed E-state index contributed by atoms with van der Waals surface area (Å²) in [5.41, 5.74) is 4.71. The number of carbonyl (C=O) groups excluding carboxylic acids is 2. The van der Waals surface area contributed by atoms with Crippen LogP contribution >= 0.6 is 11.8 Å². The monoisotopic (exact) mass is 455 g/mol. The van der Waals surface area contributed by atoms with Gasteiger partial charge in [-0.05, 0) is 48.5 Å². The predicted molar refractivity (Wildman–Crippen MR) is 132 cm³/mol. The average Bonchev–Trinajstić information content (AvgIpc) is 3.23. The van der Waals surface area contributed by atoms with Gasteiger partial charge in [-0.2, -0.15) is 0 Å². The molecule has 1 N–H and O–H groups in total. The third-order valence-corrected chi connectivity index (χ3v) is 6.21. The maximum absolute atomic E-state index is 12.7. The number of rotatable bonds is 5. The van der Waals surface area contributed by atoms with Crippen molar-refractivity contribution in [2.75, 3.05) is 25.2 Å². The molecule has 0 unspecified atom stereocenters. The van der Waals surface area contributed by atoms with Crippen molar-refractivity contribution in [1.82, 2.24) is 19.3 Å². The second-order valence-corrected chi connectivity index (χ2v) is 8.73. The van der Waals surface area contributed by atoms with Gasteiger partial charge in [-0.3, -0.25) is 14.0 Å². The maximum atomic E-state index is 12.7. The summed E-state index contributed by atoms with van der Waals surface area (Å²) >= 11 is 1.36. The quantitative estimate of drug-likeness (QED) is 0.313. The number of nitrogens with zero attached hydrogens (tertiary/aromatic N) is 4. The number of para-hydroxylation sites is 3. The molecule has 2 amide bonds. The number of hydrogen-bond donors (Lipinski definition) is 1. The van der Waals surface area contributed by atoms with Gasteiger partial charge in [0.25, 0.3) is 5.91 Å². The van der Waals surface area contributed by atoms with Crippen molar-refractivity contribution in [2.45, 2.75) is 5.16 Å². The van der Waals surface area contributed by atoms with E-state index >= 15 is 0 Å². The Morgan fingerprint density at radius 3 is 2.36 bits per heavy atom. The van der Waals surface area contributed by atoms with Gasteiger partial charge in [0.1, 0.15) is 5.65 Å². The van der Waals surface area contributed by atoms with Crippen molar-refractivity contribution in [3.63, 3.8) is 0 Å². The van der Waals surface area contributed by atoms with Crippen molar-refractivity contribution in [2.24, 2.45) is 0 Å². The fourth-order valence-electron chi connectivity index (χ4n) is 3.69. The van der Waals surface area contributed by atoms with Crippen LogP contribution in [0.5, 0.6) is 0 Å². The molecule has 0 saturated carbocycles. The molecule has 5 rings (SSSR count). The number of amides is 2. The van der Waals surface area contributed by atoms with Gasteiger partial charge in [0.2, 0.25) is 5.91 Å². The highest BCUT2D eigenvalue weighted by atomic mass is 32.2. The number of aromatic nitrogens is 3. The predicted octanol–water partition coefficient (Wildman–Crippen LogP) is 4.47. The van der Waals surface area contributed by atoms with Gasteiger partial charge in [-0.15, -0.1) is 0 Å². The van der Waals surface area contributed by atoms with Crippen LogP contribution in [0.15, 0.2) is 78.0 Å². The number of benzene rings is 3. The zero-order valence-corrected chi connectivity index (χ0v) is 19.0. The first-order valence-corrected chi connectivity index (χ1v) is 11.4. The molecule has 0 bridgehead atoms. The Labute approximate surface area is 194 Å². The van der Waals surface area contributed by atoms with E-state index in [1.165, 1.54) is 16.7 Å². The lowest BCUT2D eigenvalue weighted by molar-refractivity contribution is -0.113. The lowest BCUT2D eigenvalue weighted by atomic mass is 10.2. The van der Waals surface area contributed by atoms with Gasteiger partial charge < -0.3 is 10.2 Å². The van der Waals surface area contributed by atoms with Crippen LogP contribution in [-0.4, -0.2) is 50.9 Å². The fraction of sp³-hybridized carbons (Fsp3) is 0.120. The van der Waals surface area contributed by atoms with E-state index < -0.39 is 0 Å². The first-order valence-electron chi connectivity index (χ1n) is 10.4. The molecule has 0 radical (unpaired) electrons. The molecule has 7 nitrogen and oxygen atoms in total. The number of hydrogen-bond acceptors (Lipinski definition) is 5. The van der Waals surface area contributed by atoms with Crippen molar-refractivity contribution in [3.8, 4) is 0 Å². The van der Waals surface area contributed by atoms with Crippen LogP contribution in [0, 0.1) is 0 Å². The Kier molecular flexibility index (Phi) is 5.43. The second-order valence-electron chi connectivity index (χ2n) is 7.78. The molecule has 3 aromatic carbocycles. The standard InChI is InChI=1S/C25H21N5O2S/c1-29(2)24(32)16-11-13-17(14-12-16)26-22(31)15-33-25-28-19-8-4-3-7-18(19)23-27-20-9-5-6-10-21(20)30(23)25/h3-14H,15H2,1-2H3,(H,26,31). The molecule has 0 spiro atoms. The molecule has 0 aliphatic rings. The molecule has 0 aliphatic carbocycles. The normalized spacial score (nSPS) is 11.2. The fourth-order valence-corrected chi connectivity index (χ4v) is 4.50. The number of fused-ring (bicyclic) bond motifs is 5. The van der Waals surface area contributed by atoms with Crippen LogP contribution in [0.3, 0.4) is 0 Å². The van der Waals surface area contributed by atoms with E-state index in [0.717, 1.165) is 27.6 Å². The van der Waals surface area contributed by atoms with Crippen molar-refractivity contribution in [1.29, 1.82) is 0 Å². The molecule has 33 heavy (non-hydrogen) atoms. The third-order valence-electron chi connectivity index (χ3n) is 5.27. The van der Waals surface area contributed by atoms with Crippen LogP contribution in [0.2, 0.25) is 0 Å². The van der Waals surface area contributed by atoms with E-state index in [9.17, 15) is 9.59 Å². The molecule has 0 fully saturated rings. The van der Waals surface area contributed by atoms with Crippen molar-refractivity contribution in [3.05, 3.63) is 78.4 Å². The molecule has 0 saturated heterocycles. The molecule has 2 heterocycles. The summed E-state index contributed by atoms with van der Waals surface area (Å²) < 4.78 is 2.01. The molecule has 5 aromatic rings. The number of thioether (sulfide) groups is 1. The lowest BCUT2D eigenvalue weighted by Gasteiger charge is -2.11. The zero-order valence-electron chi connectivity index (χ0n) is 18.1. The van der Waals surface area contributed by atoms with Gasteiger partial charge in [0.05, 0.1) is 22.3 Å². The highest BCUT2D eigenvalue weighted by Gasteiger charge is 2.15. The molecule has 2 aromatic heterocycles. The van der Waals surface area contributed by atoms with E-state index in [4.69, 9.17) is 9.97 Å². The highest BCUT2D eigenvalue weighted by Crippen LogP contribution is 2.29. The molecule has 8 heteroatoms.